The van der Waals surface area contributed by atoms with Crippen LogP contribution in [-0.2, 0) is 21.2 Å². The van der Waals surface area contributed by atoms with Crippen LogP contribution < -0.4 is 0 Å². The van der Waals surface area contributed by atoms with Gasteiger partial charge in [0.05, 0.1) is 10.8 Å². The second-order valence-corrected chi connectivity index (χ2v) is 9.89. The molecule has 0 radical (unpaired) electrons. The van der Waals surface area contributed by atoms with E-state index in [1.54, 1.807) is 17.0 Å². The smallest absolute Gasteiger partial charge is 0.243 e. The number of carbonyl (C=O) groups excluding carboxylic acids is 2. The van der Waals surface area contributed by atoms with Gasteiger partial charge in [0.1, 0.15) is 0 Å². The Hall–Kier alpha value is -2.51. The number of nitrogens with zero attached hydrogens (tertiary/aromatic N) is 2. The van der Waals surface area contributed by atoms with Crippen molar-refractivity contribution in [3.63, 3.8) is 0 Å². The third-order valence-electron chi connectivity index (χ3n) is 6.10. The van der Waals surface area contributed by atoms with Gasteiger partial charge in [-0.15, -0.1) is 0 Å². The van der Waals surface area contributed by atoms with Gasteiger partial charge in [-0.25, -0.2) is 8.42 Å². The Kier molecular flexibility index (Phi) is 5.75. The van der Waals surface area contributed by atoms with Crippen molar-refractivity contribution in [2.75, 3.05) is 26.2 Å². The lowest BCUT2D eigenvalue weighted by Gasteiger charge is -2.37. The van der Waals surface area contributed by atoms with Crippen molar-refractivity contribution in [1.29, 1.82) is 0 Å². The molecule has 0 spiro atoms. The first-order valence-corrected chi connectivity index (χ1v) is 11.8. The number of fused-ring (bicyclic) bond motifs is 1. The zero-order valence-electron chi connectivity index (χ0n) is 17.1. The standard InChI is InChI=1S/C23H26N2O4S/c1-17(26)19-8-4-9-20(16-19)30(28,29)25-14-12-24(13-15-25)23(27)22-11-5-7-18-6-2-3-10-21(18)22/h2-4,6,8-10,16,22H,5,7,11-15H2,1H3/t22-/m1/s1. The number of Topliss-reactive ketones (excluding diaryl/α,β-unsaturated/α-hetero) is 1. The second kappa shape index (κ2) is 8.32. The van der Waals surface area contributed by atoms with Crippen molar-refractivity contribution in [3.05, 3.63) is 65.2 Å². The summed E-state index contributed by atoms with van der Waals surface area (Å²) >= 11 is 0. The molecule has 1 aliphatic carbocycles. The lowest BCUT2D eigenvalue weighted by atomic mass is 9.82. The fourth-order valence-corrected chi connectivity index (χ4v) is 5.87. The summed E-state index contributed by atoms with van der Waals surface area (Å²) in [6.45, 7) is 2.69. The summed E-state index contributed by atoms with van der Waals surface area (Å²) in [6, 6.07) is 14.3. The van der Waals surface area contributed by atoms with Crippen LogP contribution in [0.5, 0.6) is 0 Å². The van der Waals surface area contributed by atoms with Crippen molar-refractivity contribution in [2.45, 2.75) is 37.0 Å². The molecular formula is C23H26N2O4S. The van der Waals surface area contributed by atoms with E-state index in [0.29, 0.717) is 18.7 Å². The number of carbonyl (C=O) groups is 2. The highest BCUT2D eigenvalue weighted by Crippen LogP contribution is 2.33. The van der Waals surface area contributed by atoms with E-state index >= 15 is 0 Å². The molecule has 6 nitrogen and oxygen atoms in total. The van der Waals surface area contributed by atoms with E-state index in [4.69, 9.17) is 0 Å². The van der Waals surface area contributed by atoms with Gasteiger partial charge in [0.25, 0.3) is 0 Å². The predicted molar refractivity (Wildman–Crippen MR) is 114 cm³/mol. The second-order valence-electron chi connectivity index (χ2n) is 7.96. The van der Waals surface area contributed by atoms with E-state index in [1.165, 1.54) is 28.9 Å². The fraction of sp³-hybridized carbons (Fsp3) is 0.391. The zero-order valence-corrected chi connectivity index (χ0v) is 17.9. The summed E-state index contributed by atoms with van der Waals surface area (Å²) in [6.07, 6.45) is 2.84. The van der Waals surface area contributed by atoms with Crippen LogP contribution in [0.2, 0.25) is 0 Å². The Morgan fingerprint density at radius 1 is 0.967 bits per heavy atom. The highest BCUT2D eigenvalue weighted by molar-refractivity contribution is 7.89. The molecule has 1 heterocycles. The molecule has 2 aromatic carbocycles. The monoisotopic (exact) mass is 426 g/mol. The molecule has 1 fully saturated rings. The minimum atomic E-state index is -3.70. The maximum Gasteiger partial charge on any atom is 0.243 e. The number of rotatable bonds is 4. The van der Waals surface area contributed by atoms with Gasteiger partial charge < -0.3 is 4.90 Å². The van der Waals surface area contributed by atoms with Crippen molar-refractivity contribution in [1.82, 2.24) is 9.21 Å². The first kappa shape index (κ1) is 20.8. The Bertz CT molecular complexity index is 1070. The highest BCUT2D eigenvalue weighted by atomic mass is 32.2. The molecule has 2 aliphatic rings. The maximum absolute atomic E-state index is 13.2. The normalized spacial score (nSPS) is 19.9. The minimum Gasteiger partial charge on any atom is -0.340 e. The number of hydrogen-bond acceptors (Lipinski definition) is 4. The van der Waals surface area contributed by atoms with E-state index in [0.717, 1.165) is 24.8 Å². The topological polar surface area (TPSA) is 74.8 Å². The molecule has 1 saturated heterocycles. The third kappa shape index (κ3) is 3.91. The van der Waals surface area contributed by atoms with Gasteiger partial charge >= 0.3 is 0 Å². The molecule has 7 heteroatoms. The molecule has 0 saturated carbocycles. The number of amides is 1. The van der Waals surface area contributed by atoms with Gasteiger partial charge in [0, 0.05) is 31.7 Å². The average molecular weight is 427 g/mol. The average Bonchev–Trinajstić information content (AvgIpc) is 2.78. The number of ketones is 1. The Labute approximate surface area is 177 Å². The Balaban J connectivity index is 1.46. The van der Waals surface area contributed by atoms with E-state index < -0.39 is 10.0 Å². The predicted octanol–water partition coefficient (Wildman–Crippen LogP) is 2.84. The number of benzene rings is 2. The quantitative estimate of drug-likeness (QED) is 0.705. The lowest BCUT2D eigenvalue weighted by molar-refractivity contribution is -0.134. The van der Waals surface area contributed by atoms with Crippen LogP contribution >= 0.6 is 0 Å². The third-order valence-corrected chi connectivity index (χ3v) is 7.99. The molecule has 4 rings (SSSR count). The first-order chi connectivity index (χ1) is 14.4. The van der Waals surface area contributed by atoms with Crippen molar-refractivity contribution < 1.29 is 18.0 Å². The molecular weight excluding hydrogens is 400 g/mol. The van der Waals surface area contributed by atoms with E-state index in [2.05, 4.69) is 6.07 Å². The van der Waals surface area contributed by atoms with Crippen LogP contribution in [0.3, 0.4) is 0 Å². The molecule has 30 heavy (non-hydrogen) atoms. The van der Waals surface area contributed by atoms with Gasteiger partial charge in [0.2, 0.25) is 15.9 Å². The molecule has 1 amide bonds. The summed E-state index contributed by atoms with van der Waals surface area (Å²) in [5.74, 6) is -0.210. The molecule has 2 aromatic rings. The van der Waals surface area contributed by atoms with Crippen LogP contribution in [0.15, 0.2) is 53.4 Å². The molecule has 0 unspecified atom stereocenters. The van der Waals surface area contributed by atoms with Crippen molar-refractivity contribution >= 4 is 21.7 Å². The summed E-state index contributed by atoms with van der Waals surface area (Å²) in [7, 11) is -3.70. The van der Waals surface area contributed by atoms with Crippen LogP contribution in [0.1, 0.15) is 47.2 Å². The van der Waals surface area contributed by atoms with Gasteiger partial charge in [-0.05, 0) is 49.4 Å². The van der Waals surface area contributed by atoms with Gasteiger partial charge in [-0.3, -0.25) is 9.59 Å². The molecule has 0 N–H and O–H groups in total. The van der Waals surface area contributed by atoms with Crippen molar-refractivity contribution in [3.8, 4) is 0 Å². The zero-order chi connectivity index (χ0) is 21.3. The SMILES string of the molecule is CC(=O)c1cccc(S(=O)(=O)N2CCN(C(=O)[C@@H]3CCCc4ccccc43)CC2)c1. The largest absolute Gasteiger partial charge is 0.340 e. The molecule has 1 atom stereocenters. The van der Waals surface area contributed by atoms with Crippen LogP contribution in [0, 0.1) is 0 Å². The van der Waals surface area contributed by atoms with E-state index in [9.17, 15) is 18.0 Å². The van der Waals surface area contributed by atoms with Gasteiger partial charge in [-0.2, -0.15) is 4.31 Å². The number of hydrogen-bond donors (Lipinski definition) is 0. The minimum absolute atomic E-state index is 0.0952. The van der Waals surface area contributed by atoms with Gasteiger partial charge in [0.15, 0.2) is 5.78 Å². The molecule has 0 bridgehead atoms. The van der Waals surface area contributed by atoms with Crippen LogP contribution in [0.4, 0.5) is 0 Å². The molecule has 158 valence electrons. The maximum atomic E-state index is 13.2. The Morgan fingerprint density at radius 2 is 1.70 bits per heavy atom. The fourth-order valence-electron chi connectivity index (χ4n) is 4.40. The summed E-state index contributed by atoms with van der Waals surface area (Å²) < 4.78 is 27.4. The molecule has 0 aromatic heterocycles. The first-order valence-electron chi connectivity index (χ1n) is 10.4. The number of sulfonamides is 1. The summed E-state index contributed by atoms with van der Waals surface area (Å²) in [5.41, 5.74) is 2.74. The van der Waals surface area contributed by atoms with Crippen LogP contribution in [-0.4, -0.2) is 55.5 Å². The van der Waals surface area contributed by atoms with Crippen molar-refractivity contribution in [2.24, 2.45) is 0 Å². The summed E-state index contributed by atoms with van der Waals surface area (Å²) in [5, 5.41) is 0. The summed E-state index contributed by atoms with van der Waals surface area (Å²) in [4.78, 5) is 26.7. The van der Waals surface area contributed by atoms with E-state index in [-0.39, 0.29) is 35.6 Å². The number of aryl methyl sites for hydroxylation is 1. The van der Waals surface area contributed by atoms with Gasteiger partial charge in [-0.1, -0.05) is 36.4 Å². The van der Waals surface area contributed by atoms with E-state index in [1.807, 2.05) is 18.2 Å². The number of piperazine rings is 1. The highest BCUT2D eigenvalue weighted by Gasteiger charge is 2.34. The van der Waals surface area contributed by atoms with Crippen LogP contribution in [0.25, 0.3) is 0 Å². The lowest BCUT2D eigenvalue weighted by Crippen LogP contribution is -2.51. The Morgan fingerprint density at radius 3 is 2.43 bits per heavy atom. The molecule has 1 aliphatic heterocycles.